The van der Waals surface area contributed by atoms with Crippen molar-refractivity contribution in [3.63, 3.8) is 0 Å². The van der Waals surface area contributed by atoms with Crippen LogP contribution in [-0.2, 0) is 14.3 Å². The number of ether oxygens (including phenoxy) is 1. The largest absolute Gasteiger partial charge is 0.480 e. The van der Waals surface area contributed by atoms with Crippen molar-refractivity contribution >= 4 is 35.1 Å². The number of rotatable bonds is 4. The number of nitrogens with zero attached hydrogens (tertiary/aromatic N) is 1. The first kappa shape index (κ1) is 18.7. The average molecular weight is 394 g/mol. The highest BCUT2D eigenvalue weighted by Crippen LogP contribution is 2.41. The molecule has 1 fully saturated rings. The molecule has 1 saturated heterocycles. The average Bonchev–Trinajstić information content (AvgIpc) is 2.62. The molecule has 1 amide bonds. The SMILES string of the molecule is C[C@H](C(=O)O)N1C(=O)CO[C@H](c2ccc(Cl)cc2)[C@@H]1c1ccc(Cl)cc1. The van der Waals surface area contributed by atoms with Gasteiger partial charge in [0.1, 0.15) is 18.8 Å². The molecule has 0 aromatic heterocycles. The monoisotopic (exact) mass is 393 g/mol. The van der Waals surface area contributed by atoms with E-state index in [9.17, 15) is 14.7 Å². The molecular weight excluding hydrogens is 377 g/mol. The summed E-state index contributed by atoms with van der Waals surface area (Å²) in [7, 11) is 0. The smallest absolute Gasteiger partial charge is 0.326 e. The van der Waals surface area contributed by atoms with Crippen molar-refractivity contribution in [3.05, 3.63) is 69.7 Å². The van der Waals surface area contributed by atoms with E-state index in [-0.39, 0.29) is 12.5 Å². The predicted octanol–water partition coefficient (Wildman–Crippen LogP) is 4.11. The molecule has 0 spiro atoms. The number of hydrogen-bond donors (Lipinski definition) is 1. The minimum atomic E-state index is -1.07. The Morgan fingerprint density at radius 1 is 1.08 bits per heavy atom. The summed E-state index contributed by atoms with van der Waals surface area (Å²) in [6.07, 6.45) is -0.520. The van der Waals surface area contributed by atoms with Crippen molar-refractivity contribution in [2.75, 3.05) is 6.61 Å². The lowest BCUT2D eigenvalue weighted by atomic mass is 9.91. The molecule has 1 N–H and O–H groups in total. The van der Waals surface area contributed by atoms with Crippen LogP contribution in [0.1, 0.15) is 30.2 Å². The molecule has 1 aliphatic rings. The topological polar surface area (TPSA) is 66.8 Å². The first-order valence-electron chi connectivity index (χ1n) is 8.05. The van der Waals surface area contributed by atoms with E-state index in [2.05, 4.69) is 0 Å². The predicted molar refractivity (Wildman–Crippen MR) is 98.3 cm³/mol. The van der Waals surface area contributed by atoms with E-state index < -0.39 is 24.2 Å². The number of morpholine rings is 1. The van der Waals surface area contributed by atoms with Crippen molar-refractivity contribution in [1.82, 2.24) is 4.90 Å². The van der Waals surface area contributed by atoms with Gasteiger partial charge >= 0.3 is 5.97 Å². The summed E-state index contributed by atoms with van der Waals surface area (Å²) >= 11 is 11.9. The van der Waals surface area contributed by atoms with Gasteiger partial charge in [-0.1, -0.05) is 47.5 Å². The van der Waals surface area contributed by atoms with Gasteiger partial charge in [-0.15, -0.1) is 0 Å². The fourth-order valence-electron chi connectivity index (χ4n) is 3.13. The maximum absolute atomic E-state index is 12.5. The van der Waals surface area contributed by atoms with Gasteiger partial charge in [-0.3, -0.25) is 4.79 Å². The van der Waals surface area contributed by atoms with E-state index in [0.717, 1.165) is 11.1 Å². The third kappa shape index (κ3) is 3.70. The number of carboxylic acid groups (broad SMARTS) is 1. The standard InChI is InChI=1S/C19H17Cl2NO4/c1-11(19(24)25)22-16(23)10-26-18(13-4-8-15(21)9-5-13)17(22)12-2-6-14(20)7-3-12/h2-9,11,17-18H,10H2,1H3,(H,24,25)/t11-,17+,18-/m1/s1. The Morgan fingerprint density at radius 3 is 2.08 bits per heavy atom. The van der Waals surface area contributed by atoms with Crippen LogP contribution in [0, 0.1) is 0 Å². The van der Waals surface area contributed by atoms with Crippen molar-refractivity contribution in [1.29, 1.82) is 0 Å². The van der Waals surface area contributed by atoms with Crippen LogP contribution in [0.25, 0.3) is 0 Å². The van der Waals surface area contributed by atoms with Crippen LogP contribution in [0.5, 0.6) is 0 Å². The summed E-state index contributed by atoms with van der Waals surface area (Å²) in [5.74, 6) is -1.45. The number of hydrogen-bond acceptors (Lipinski definition) is 3. The second kappa shape index (κ2) is 7.66. The molecule has 0 bridgehead atoms. The number of benzene rings is 2. The number of carbonyl (C=O) groups is 2. The molecule has 2 aromatic carbocycles. The fraction of sp³-hybridized carbons (Fsp3) is 0.263. The summed E-state index contributed by atoms with van der Waals surface area (Å²) in [5.41, 5.74) is 1.56. The zero-order valence-electron chi connectivity index (χ0n) is 13.9. The van der Waals surface area contributed by atoms with Gasteiger partial charge in [-0.25, -0.2) is 4.79 Å². The van der Waals surface area contributed by atoms with Crippen LogP contribution in [0.3, 0.4) is 0 Å². The van der Waals surface area contributed by atoms with E-state index in [1.807, 2.05) is 12.1 Å². The lowest BCUT2D eigenvalue weighted by Gasteiger charge is -2.43. The normalized spacial score (nSPS) is 21.5. The van der Waals surface area contributed by atoms with Gasteiger partial charge < -0.3 is 14.7 Å². The molecule has 0 radical (unpaired) electrons. The fourth-order valence-corrected chi connectivity index (χ4v) is 3.38. The minimum absolute atomic E-state index is 0.186. The molecule has 0 aliphatic carbocycles. The van der Waals surface area contributed by atoms with Gasteiger partial charge in [0.25, 0.3) is 0 Å². The number of carboxylic acids is 1. The highest BCUT2D eigenvalue weighted by molar-refractivity contribution is 6.30. The Morgan fingerprint density at radius 2 is 1.58 bits per heavy atom. The molecule has 3 atom stereocenters. The van der Waals surface area contributed by atoms with Crippen LogP contribution in [-0.4, -0.2) is 34.5 Å². The Kier molecular flexibility index (Phi) is 5.51. The number of aliphatic carboxylic acids is 1. The zero-order valence-corrected chi connectivity index (χ0v) is 15.4. The summed E-state index contributed by atoms with van der Waals surface area (Å²) < 4.78 is 5.81. The highest BCUT2D eigenvalue weighted by atomic mass is 35.5. The summed E-state index contributed by atoms with van der Waals surface area (Å²) in [5, 5.41) is 10.6. The molecule has 136 valence electrons. The summed E-state index contributed by atoms with van der Waals surface area (Å²) in [6.45, 7) is 1.31. The summed E-state index contributed by atoms with van der Waals surface area (Å²) in [6, 6.07) is 12.5. The first-order chi connectivity index (χ1) is 12.4. The van der Waals surface area contributed by atoms with Crippen LogP contribution in [0.2, 0.25) is 10.0 Å². The molecule has 3 rings (SSSR count). The maximum Gasteiger partial charge on any atom is 0.326 e. The lowest BCUT2D eigenvalue weighted by molar-refractivity contribution is -0.170. The molecule has 1 heterocycles. The molecule has 0 unspecified atom stereocenters. The minimum Gasteiger partial charge on any atom is -0.480 e. The van der Waals surface area contributed by atoms with Gasteiger partial charge in [0, 0.05) is 10.0 Å². The second-order valence-electron chi connectivity index (χ2n) is 6.09. The molecular formula is C19H17Cl2NO4. The quantitative estimate of drug-likeness (QED) is 0.848. The van der Waals surface area contributed by atoms with Gasteiger partial charge in [0.05, 0.1) is 6.04 Å². The molecule has 7 heteroatoms. The number of carbonyl (C=O) groups excluding carboxylic acids is 1. The lowest BCUT2D eigenvalue weighted by Crippen LogP contribution is -2.52. The van der Waals surface area contributed by atoms with E-state index >= 15 is 0 Å². The molecule has 0 saturated carbocycles. The van der Waals surface area contributed by atoms with Gasteiger partial charge in [-0.2, -0.15) is 0 Å². The summed E-state index contributed by atoms with van der Waals surface area (Å²) in [4.78, 5) is 25.5. The molecule has 2 aromatic rings. The van der Waals surface area contributed by atoms with E-state index in [4.69, 9.17) is 27.9 Å². The Labute approximate surface area is 161 Å². The zero-order chi connectivity index (χ0) is 18.8. The van der Waals surface area contributed by atoms with E-state index in [1.54, 1.807) is 36.4 Å². The van der Waals surface area contributed by atoms with E-state index in [0.29, 0.717) is 10.0 Å². The van der Waals surface area contributed by atoms with E-state index in [1.165, 1.54) is 11.8 Å². The Bertz CT molecular complexity index is 807. The van der Waals surface area contributed by atoms with Gasteiger partial charge in [0.2, 0.25) is 5.91 Å². The van der Waals surface area contributed by atoms with Crippen LogP contribution in [0.4, 0.5) is 0 Å². The van der Waals surface area contributed by atoms with Crippen molar-refractivity contribution in [3.8, 4) is 0 Å². The Hall–Kier alpha value is -2.08. The Balaban J connectivity index is 2.09. The van der Waals surface area contributed by atoms with Crippen molar-refractivity contribution < 1.29 is 19.4 Å². The molecule has 26 heavy (non-hydrogen) atoms. The van der Waals surface area contributed by atoms with Crippen molar-refractivity contribution in [2.24, 2.45) is 0 Å². The second-order valence-corrected chi connectivity index (χ2v) is 6.97. The highest BCUT2D eigenvalue weighted by Gasteiger charge is 2.42. The van der Waals surface area contributed by atoms with Crippen LogP contribution < -0.4 is 0 Å². The van der Waals surface area contributed by atoms with Crippen molar-refractivity contribution in [2.45, 2.75) is 25.1 Å². The van der Waals surface area contributed by atoms with Crippen LogP contribution >= 0.6 is 23.2 Å². The third-order valence-corrected chi connectivity index (χ3v) is 4.95. The molecule has 1 aliphatic heterocycles. The maximum atomic E-state index is 12.5. The number of halogens is 2. The van der Waals surface area contributed by atoms with Gasteiger partial charge in [0.15, 0.2) is 0 Å². The van der Waals surface area contributed by atoms with Gasteiger partial charge in [-0.05, 0) is 42.3 Å². The number of amides is 1. The van der Waals surface area contributed by atoms with Crippen LogP contribution in [0.15, 0.2) is 48.5 Å². The molecule has 5 nitrogen and oxygen atoms in total. The third-order valence-electron chi connectivity index (χ3n) is 4.45. The first-order valence-corrected chi connectivity index (χ1v) is 8.80.